The van der Waals surface area contributed by atoms with E-state index in [2.05, 4.69) is 10.3 Å². The number of amides is 1. The number of hydrogen-bond donors (Lipinski definition) is 1. The molecule has 0 bridgehead atoms. The Balaban J connectivity index is 2.07. The lowest BCUT2D eigenvalue weighted by atomic mass is 10.1. The van der Waals surface area contributed by atoms with Crippen molar-refractivity contribution in [1.82, 2.24) is 4.98 Å². The van der Waals surface area contributed by atoms with Gasteiger partial charge in [0.1, 0.15) is 11.2 Å². The van der Waals surface area contributed by atoms with Gasteiger partial charge in [-0.1, -0.05) is 6.92 Å². The van der Waals surface area contributed by atoms with Gasteiger partial charge in [-0.2, -0.15) is 0 Å². The first-order valence-corrected chi connectivity index (χ1v) is 5.83. The number of aryl methyl sites for hydroxylation is 1. The van der Waals surface area contributed by atoms with Gasteiger partial charge in [0.05, 0.1) is 16.6 Å². The molecule has 1 saturated carbocycles. The number of carbonyl (C=O) groups excluding carboxylic acids is 1. The zero-order chi connectivity index (χ0) is 11.1. The highest BCUT2D eigenvalue weighted by Gasteiger charge is 2.57. The number of nitrogens with zero attached hydrogens (tertiary/aromatic N) is 1. The summed E-state index contributed by atoms with van der Waals surface area (Å²) in [6, 6.07) is 0. The summed E-state index contributed by atoms with van der Waals surface area (Å²) < 4.78 is 12.9. The fraction of sp³-hybridized carbons (Fsp3) is 0.600. The third-order valence-corrected chi connectivity index (χ3v) is 3.64. The fourth-order valence-electron chi connectivity index (χ4n) is 1.42. The van der Waals surface area contributed by atoms with Crippen LogP contribution in [0.4, 0.5) is 9.39 Å². The number of halogens is 1. The van der Waals surface area contributed by atoms with Crippen LogP contribution in [0.1, 0.15) is 26.0 Å². The van der Waals surface area contributed by atoms with E-state index in [0.717, 1.165) is 17.1 Å². The standard InChI is InChI=1S/C10H13FN2OS/c1-3-6-8(15-5-12-6)13-9(14)10(2)4-7(10)11/h5,7H,3-4H2,1-2H3,(H,13,14)/t7-,10-/m0/s1. The first kappa shape index (κ1) is 10.5. The summed E-state index contributed by atoms with van der Waals surface area (Å²) in [7, 11) is 0. The highest BCUT2D eigenvalue weighted by Crippen LogP contribution is 2.49. The lowest BCUT2D eigenvalue weighted by Gasteiger charge is -2.08. The molecular formula is C10H13FN2OS. The van der Waals surface area contributed by atoms with E-state index in [0.29, 0.717) is 6.42 Å². The third kappa shape index (κ3) is 1.76. The predicted molar refractivity (Wildman–Crippen MR) is 57.7 cm³/mol. The zero-order valence-electron chi connectivity index (χ0n) is 8.71. The molecule has 1 aliphatic rings. The van der Waals surface area contributed by atoms with Gasteiger partial charge >= 0.3 is 0 Å². The smallest absolute Gasteiger partial charge is 0.234 e. The molecule has 1 N–H and O–H groups in total. The van der Waals surface area contributed by atoms with Gasteiger partial charge < -0.3 is 5.32 Å². The molecule has 0 radical (unpaired) electrons. The minimum atomic E-state index is -0.990. The summed E-state index contributed by atoms with van der Waals surface area (Å²) in [6.07, 6.45) is 0.115. The Morgan fingerprint density at radius 1 is 1.87 bits per heavy atom. The molecular weight excluding hydrogens is 215 g/mol. The van der Waals surface area contributed by atoms with Crippen molar-refractivity contribution in [2.45, 2.75) is 32.9 Å². The summed E-state index contributed by atoms with van der Waals surface area (Å²) in [4.78, 5) is 15.8. The first-order chi connectivity index (χ1) is 7.08. The summed E-state index contributed by atoms with van der Waals surface area (Å²) in [6.45, 7) is 3.63. The van der Waals surface area contributed by atoms with Gasteiger partial charge in [0.15, 0.2) is 0 Å². The lowest BCUT2D eigenvalue weighted by molar-refractivity contribution is -0.121. The van der Waals surface area contributed by atoms with E-state index in [4.69, 9.17) is 0 Å². The number of carbonyl (C=O) groups is 1. The third-order valence-electron chi connectivity index (χ3n) is 2.86. The van der Waals surface area contributed by atoms with Crippen LogP contribution in [0.25, 0.3) is 0 Å². The van der Waals surface area contributed by atoms with Gasteiger partial charge in [0.25, 0.3) is 0 Å². The molecule has 82 valence electrons. The summed E-state index contributed by atoms with van der Waals surface area (Å²) in [5, 5.41) is 3.50. The maximum Gasteiger partial charge on any atom is 0.234 e. The van der Waals surface area contributed by atoms with E-state index in [1.165, 1.54) is 11.3 Å². The average Bonchev–Trinajstić information content (AvgIpc) is 2.65. The number of rotatable bonds is 3. The minimum absolute atomic E-state index is 0.228. The molecule has 0 spiro atoms. The lowest BCUT2D eigenvalue weighted by Crippen LogP contribution is -2.23. The molecule has 1 amide bonds. The second-order valence-electron chi connectivity index (χ2n) is 4.02. The van der Waals surface area contributed by atoms with Crippen LogP contribution in [-0.2, 0) is 11.2 Å². The molecule has 3 nitrogen and oxygen atoms in total. The Kier molecular flexibility index (Phi) is 2.50. The number of nitrogens with one attached hydrogen (secondary N) is 1. The van der Waals surface area contributed by atoms with E-state index in [9.17, 15) is 9.18 Å². The molecule has 1 heterocycles. The molecule has 2 rings (SSSR count). The van der Waals surface area contributed by atoms with E-state index < -0.39 is 11.6 Å². The van der Waals surface area contributed by atoms with Gasteiger partial charge in [-0.05, 0) is 19.8 Å². The monoisotopic (exact) mass is 228 g/mol. The van der Waals surface area contributed by atoms with Crippen molar-refractivity contribution in [3.63, 3.8) is 0 Å². The molecule has 1 aliphatic carbocycles. The van der Waals surface area contributed by atoms with Crippen LogP contribution >= 0.6 is 11.3 Å². The molecule has 5 heteroatoms. The Hall–Kier alpha value is -0.970. The Morgan fingerprint density at radius 2 is 2.53 bits per heavy atom. The van der Waals surface area contributed by atoms with Gasteiger partial charge in [-0.25, -0.2) is 9.37 Å². The van der Waals surface area contributed by atoms with Crippen molar-refractivity contribution in [3.05, 3.63) is 11.2 Å². The zero-order valence-corrected chi connectivity index (χ0v) is 9.53. The number of hydrogen-bond acceptors (Lipinski definition) is 3. The normalized spacial score (nSPS) is 28.9. The molecule has 1 aromatic heterocycles. The molecule has 1 aromatic rings. The largest absolute Gasteiger partial charge is 0.316 e. The van der Waals surface area contributed by atoms with E-state index in [1.54, 1.807) is 12.4 Å². The number of thiazole rings is 1. The predicted octanol–water partition coefficient (Wildman–Crippen LogP) is 2.39. The van der Waals surface area contributed by atoms with Crippen molar-refractivity contribution in [2.24, 2.45) is 5.41 Å². The molecule has 0 unspecified atom stereocenters. The van der Waals surface area contributed by atoms with Gasteiger partial charge in [-0.3, -0.25) is 4.79 Å². The van der Waals surface area contributed by atoms with Crippen LogP contribution in [0.15, 0.2) is 5.51 Å². The maximum atomic E-state index is 12.9. The van der Waals surface area contributed by atoms with Crippen LogP contribution in [-0.4, -0.2) is 17.1 Å². The van der Waals surface area contributed by atoms with Crippen LogP contribution < -0.4 is 5.32 Å². The van der Waals surface area contributed by atoms with Gasteiger partial charge in [0, 0.05) is 0 Å². The van der Waals surface area contributed by atoms with Crippen LogP contribution in [0, 0.1) is 5.41 Å². The molecule has 0 aliphatic heterocycles. The first-order valence-electron chi connectivity index (χ1n) is 4.96. The molecule has 0 saturated heterocycles. The Bertz CT molecular complexity index is 393. The minimum Gasteiger partial charge on any atom is -0.316 e. The second-order valence-corrected chi connectivity index (χ2v) is 4.88. The number of aromatic nitrogens is 1. The summed E-state index contributed by atoms with van der Waals surface area (Å²) in [5.74, 6) is -0.228. The van der Waals surface area contributed by atoms with E-state index >= 15 is 0 Å². The Labute approximate surface area is 91.7 Å². The van der Waals surface area contributed by atoms with Gasteiger partial charge in [0.2, 0.25) is 5.91 Å². The van der Waals surface area contributed by atoms with E-state index in [-0.39, 0.29) is 5.91 Å². The number of anilines is 1. The molecule has 0 aromatic carbocycles. The molecule has 1 fully saturated rings. The average molecular weight is 228 g/mol. The highest BCUT2D eigenvalue weighted by atomic mass is 32.1. The molecule has 2 atom stereocenters. The quantitative estimate of drug-likeness (QED) is 0.863. The topological polar surface area (TPSA) is 42.0 Å². The second kappa shape index (κ2) is 3.56. The van der Waals surface area contributed by atoms with Crippen LogP contribution in [0.3, 0.4) is 0 Å². The Morgan fingerprint density at radius 3 is 3.07 bits per heavy atom. The summed E-state index contributed by atoms with van der Waals surface area (Å²) in [5.41, 5.74) is 1.75. The number of alkyl halides is 1. The fourth-order valence-corrected chi connectivity index (χ4v) is 2.19. The SMILES string of the molecule is CCc1ncsc1NC(=O)[C@@]1(C)C[C@@H]1F. The van der Waals surface area contributed by atoms with Crippen LogP contribution in [0.2, 0.25) is 0 Å². The van der Waals surface area contributed by atoms with Gasteiger partial charge in [-0.15, -0.1) is 11.3 Å². The highest BCUT2D eigenvalue weighted by molar-refractivity contribution is 7.14. The summed E-state index contributed by atoms with van der Waals surface area (Å²) >= 11 is 1.38. The van der Waals surface area contributed by atoms with Crippen molar-refractivity contribution >= 4 is 22.2 Å². The van der Waals surface area contributed by atoms with Crippen molar-refractivity contribution < 1.29 is 9.18 Å². The van der Waals surface area contributed by atoms with Crippen LogP contribution in [0.5, 0.6) is 0 Å². The molecule has 15 heavy (non-hydrogen) atoms. The maximum absolute atomic E-state index is 12.9. The van der Waals surface area contributed by atoms with Crippen molar-refractivity contribution in [3.8, 4) is 0 Å². The van der Waals surface area contributed by atoms with Crippen molar-refractivity contribution in [2.75, 3.05) is 5.32 Å². The van der Waals surface area contributed by atoms with E-state index in [1.807, 2.05) is 6.92 Å². The van der Waals surface area contributed by atoms with Crippen molar-refractivity contribution in [1.29, 1.82) is 0 Å².